The predicted octanol–water partition coefficient (Wildman–Crippen LogP) is 5.79. The van der Waals surface area contributed by atoms with E-state index in [-0.39, 0.29) is 11.8 Å². The quantitative estimate of drug-likeness (QED) is 0.288. The van der Waals surface area contributed by atoms with Crippen molar-refractivity contribution in [3.05, 3.63) is 87.2 Å². The highest BCUT2D eigenvalue weighted by Crippen LogP contribution is 2.47. The van der Waals surface area contributed by atoms with Crippen molar-refractivity contribution in [2.45, 2.75) is 6.54 Å². The number of fused-ring (bicyclic) bond motifs is 1. The van der Waals surface area contributed by atoms with Gasteiger partial charge in [0.1, 0.15) is 11.5 Å². The van der Waals surface area contributed by atoms with E-state index in [1.165, 1.54) is 12.0 Å². The fourth-order valence-corrected chi connectivity index (χ4v) is 5.98. The Hall–Kier alpha value is -3.14. The van der Waals surface area contributed by atoms with Gasteiger partial charge in [0.05, 0.1) is 42.6 Å². The van der Waals surface area contributed by atoms with Crippen LogP contribution in [0.1, 0.15) is 11.1 Å². The van der Waals surface area contributed by atoms with Crippen LogP contribution in [0.3, 0.4) is 0 Å². The third-order valence-corrected chi connectivity index (χ3v) is 7.64. The molecule has 0 saturated carbocycles. The smallest absolute Gasteiger partial charge is 0.271 e. The highest BCUT2D eigenvalue weighted by atomic mass is 79.9. The molecule has 5 rings (SSSR count). The van der Waals surface area contributed by atoms with Crippen molar-refractivity contribution < 1.29 is 19.1 Å². The van der Waals surface area contributed by atoms with Crippen molar-refractivity contribution in [2.24, 2.45) is 0 Å². The van der Waals surface area contributed by atoms with Gasteiger partial charge in [-0.05, 0) is 35.9 Å². The summed E-state index contributed by atoms with van der Waals surface area (Å²) in [6.07, 6.45) is 0. The van der Waals surface area contributed by atoms with Crippen LogP contribution in [0.15, 0.2) is 76.1 Å². The number of ether oxygens (including phenoxy) is 2. The first-order chi connectivity index (χ1) is 16.9. The van der Waals surface area contributed by atoms with Crippen LogP contribution < -0.4 is 19.3 Å². The monoisotopic (exact) mass is 566 g/mol. The van der Waals surface area contributed by atoms with Gasteiger partial charge in [-0.15, -0.1) is 0 Å². The van der Waals surface area contributed by atoms with Crippen molar-refractivity contribution in [1.82, 2.24) is 0 Å². The predicted molar refractivity (Wildman–Crippen MR) is 146 cm³/mol. The van der Waals surface area contributed by atoms with Crippen LogP contribution in [-0.4, -0.2) is 30.4 Å². The molecule has 0 spiro atoms. The lowest BCUT2D eigenvalue weighted by Crippen LogP contribution is -2.29. The first-order valence-electron chi connectivity index (χ1n) is 10.6. The molecular weight excluding hydrogens is 548 g/mol. The summed E-state index contributed by atoms with van der Waals surface area (Å²) in [5, 5.41) is 0. The van der Waals surface area contributed by atoms with E-state index in [0.29, 0.717) is 44.1 Å². The van der Waals surface area contributed by atoms with Gasteiger partial charge in [-0.2, -0.15) is 0 Å². The fourth-order valence-electron chi connectivity index (χ4n) is 4.17. The number of para-hydroxylation sites is 1. The van der Waals surface area contributed by atoms with Gasteiger partial charge in [0, 0.05) is 16.1 Å². The number of hydrogen-bond acceptors (Lipinski definition) is 6. The lowest BCUT2D eigenvalue weighted by Gasteiger charge is -2.19. The van der Waals surface area contributed by atoms with Crippen molar-refractivity contribution in [3.8, 4) is 11.5 Å². The van der Waals surface area contributed by atoms with E-state index < -0.39 is 0 Å². The summed E-state index contributed by atoms with van der Waals surface area (Å²) in [5.74, 6) is 0.436. The molecule has 9 heteroatoms. The third kappa shape index (κ3) is 4.13. The molecule has 3 aromatic rings. The Kier molecular flexibility index (Phi) is 6.39. The number of carbonyl (C=O) groups is 2. The van der Waals surface area contributed by atoms with Gasteiger partial charge in [-0.1, -0.05) is 70.2 Å². The minimum atomic E-state index is -0.367. The van der Waals surface area contributed by atoms with E-state index in [1.807, 2.05) is 48.5 Å². The first-order valence-corrected chi connectivity index (χ1v) is 12.6. The minimum Gasteiger partial charge on any atom is -0.497 e. The van der Waals surface area contributed by atoms with E-state index >= 15 is 0 Å². The molecular formula is C26H19BrN2O4S2. The van der Waals surface area contributed by atoms with Crippen LogP contribution in [0.5, 0.6) is 11.5 Å². The zero-order valence-corrected chi connectivity index (χ0v) is 22.0. The van der Waals surface area contributed by atoms with Crippen molar-refractivity contribution in [1.29, 1.82) is 0 Å². The van der Waals surface area contributed by atoms with Crippen molar-refractivity contribution in [2.75, 3.05) is 24.0 Å². The minimum absolute atomic E-state index is 0.232. The van der Waals surface area contributed by atoms with Gasteiger partial charge >= 0.3 is 0 Å². The number of nitrogens with zero attached hydrogens (tertiary/aromatic N) is 2. The molecule has 1 saturated heterocycles. The Morgan fingerprint density at radius 1 is 0.914 bits per heavy atom. The zero-order chi connectivity index (χ0) is 24.7. The Balaban J connectivity index is 1.59. The van der Waals surface area contributed by atoms with Gasteiger partial charge in [-0.25, -0.2) is 0 Å². The summed E-state index contributed by atoms with van der Waals surface area (Å²) in [7, 11) is 3.07. The second kappa shape index (κ2) is 9.49. The normalized spacial score (nSPS) is 17.3. The second-order valence-corrected chi connectivity index (χ2v) is 10.3. The number of methoxy groups -OCH3 is 2. The molecule has 2 amide bonds. The molecule has 176 valence electrons. The fraction of sp³-hybridized carbons (Fsp3) is 0.115. The maximum absolute atomic E-state index is 13.7. The number of hydrogen-bond donors (Lipinski definition) is 0. The Morgan fingerprint density at radius 3 is 2.46 bits per heavy atom. The number of amides is 2. The molecule has 0 aliphatic carbocycles. The number of anilines is 2. The number of thioether (sulfide) groups is 1. The lowest BCUT2D eigenvalue weighted by molar-refractivity contribution is -0.115. The molecule has 2 heterocycles. The molecule has 1 fully saturated rings. The zero-order valence-electron chi connectivity index (χ0n) is 18.8. The SMILES string of the molecule is COc1ccc(OC)c(N2C(=O)/C(=C3/C(=O)N(Cc4cccc(Br)c4)c4ccccc43)SC2=S)c1. The number of carbonyl (C=O) groups excluding carboxylic acids is 2. The van der Waals surface area contributed by atoms with Crippen LogP contribution in [0, 0.1) is 0 Å². The Labute approximate surface area is 220 Å². The highest BCUT2D eigenvalue weighted by Gasteiger charge is 2.43. The van der Waals surface area contributed by atoms with Gasteiger partial charge in [0.25, 0.3) is 11.8 Å². The summed E-state index contributed by atoms with van der Waals surface area (Å²) >= 11 is 10.2. The van der Waals surface area contributed by atoms with Crippen LogP contribution >= 0.6 is 39.9 Å². The molecule has 35 heavy (non-hydrogen) atoms. The highest BCUT2D eigenvalue weighted by molar-refractivity contribution is 9.10. The number of benzene rings is 3. The average molecular weight is 567 g/mol. The van der Waals surface area contributed by atoms with Crippen LogP contribution in [0.25, 0.3) is 5.57 Å². The van der Waals surface area contributed by atoms with E-state index in [1.54, 1.807) is 30.2 Å². The molecule has 0 N–H and O–H groups in total. The Bertz CT molecular complexity index is 1420. The molecule has 2 aliphatic heterocycles. The number of thiocarbonyl (C=S) groups is 1. The molecule has 2 aliphatic rings. The summed E-state index contributed by atoms with van der Waals surface area (Å²) in [6.45, 7) is 0.378. The van der Waals surface area contributed by atoms with Crippen LogP contribution in [0.4, 0.5) is 11.4 Å². The van der Waals surface area contributed by atoms with Gasteiger partial charge in [0.15, 0.2) is 4.32 Å². The van der Waals surface area contributed by atoms with E-state index in [9.17, 15) is 9.59 Å². The molecule has 0 bridgehead atoms. The molecule has 3 aromatic carbocycles. The maximum atomic E-state index is 13.7. The van der Waals surface area contributed by atoms with E-state index in [0.717, 1.165) is 27.5 Å². The Morgan fingerprint density at radius 2 is 1.71 bits per heavy atom. The summed E-state index contributed by atoms with van der Waals surface area (Å²) < 4.78 is 12.1. The average Bonchev–Trinajstić information content (AvgIpc) is 3.30. The summed E-state index contributed by atoms with van der Waals surface area (Å²) in [4.78, 5) is 30.9. The summed E-state index contributed by atoms with van der Waals surface area (Å²) in [6, 6.07) is 20.5. The molecule has 0 atom stereocenters. The van der Waals surface area contributed by atoms with E-state index in [2.05, 4.69) is 15.9 Å². The van der Waals surface area contributed by atoms with Gasteiger partial charge in [-0.3, -0.25) is 14.5 Å². The van der Waals surface area contributed by atoms with Crippen molar-refractivity contribution >= 4 is 73.0 Å². The van der Waals surface area contributed by atoms with Gasteiger partial charge < -0.3 is 14.4 Å². The molecule has 0 unspecified atom stereocenters. The largest absolute Gasteiger partial charge is 0.497 e. The van der Waals surface area contributed by atoms with Crippen LogP contribution in [-0.2, 0) is 16.1 Å². The first kappa shape index (κ1) is 23.6. The van der Waals surface area contributed by atoms with E-state index in [4.69, 9.17) is 21.7 Å². The third-order valence-electron chi connectivity index (χ3n) is 5.78. The lowest BCUT2D eigenvalue weighted by atomic mass is 10.1. The van der Waals surface area contributed by atoms with Gasteiger partial charge in [0.2, 0.25) is 0 Å². The van der Waals surface area contributed by atoms with Crippen LogP contribution in [0.2, 0.25) is 0 Å². The van der Waals surface area contributed by atoms with Crippen molar-refractivity contribution in [3.63, 3.8) is 0 Å². The standard InChI is InChI=1S/C26H19BrN2O4S2/c1-32-17-10-11-21(33-2)20(13-17)29-25(31)23(35-26(29)34)22-18-8-3-4-9-19(18)28(24(22)30)14-15-6-5-7-16(27)12-15/h3-13H,14H2,1-2H3/b23-22-. The molecule has 6 nitrogen and oxygen atoms in total. The molecule has 0 aromatic heterocycles. The second-order valence-electron chi connectivity index (χ2n) is 7.79. The number of rotatable bonds is 5. The number of halogens is 1. The molecule has 0 radical (unpaired) electrons. The maximum Gasteiger partial charge on any atom is 0.271 e. The summed E-state index contributed by atoms with van der Waals surface area (Å²) in [5.41, 5.74) is 3.27. The topological polar surface area (TPSA) is 59.1 Å².